The molecule has 162 valence electrons. The van der Waals surface area contributed by atoms with Crippen LogP contribution in [0.5, 0.6) is 17.2 Å². The van der Waals surface area contributed by atoms with Gasteiger partial charge in [-0.25, -0.2) is 4.79 Å². The highest BCUT2D eigenvalue weighted by atomic mass is 16.6. The third-order valence-corrected chi connectivity index (χ3v) is 4.11. The number of hydrazine groups is 1. The second kappa shape index (κ2) is 10.1. The van der Waals surface area contributed by atoms with E-state index in [0.717, 1.165) is 0 Å². The molecule has 10 heteroatoms. The maximum Gasteiger partial charge on any atom is 0.344 e. The molecule has 0 aromatic heterocycles. The fourth-order valence-electron chi connectivity index (χ4n) is 2.51. The van der Waals surface area contributed by atoms with E-state index in [1.807, 2.05) is 0 Å². The molecule has 2 aromatic carbocycles. The minimum Gasteiger partial charge on any atom is -0.485 e. The molecule has 0 saturated carbocycles. The Labute approximate surface area is 177 Å². The van der Waals surface area contributed by atoms with Gasteiger partial charge in [0.25, 0.3) is 11.8 Å². The van der Waals surface area contributed by atoms with Crippen LogP contribution in [0.15, 0.2) is 48.5 Å². The van der Waals surface area contributed by atoms with Crippen LogP contribution < -0.4 is 25.1 Å². The maximum atomic E-state index is 12.1. The molecule has 1 heterocycles. The second-order valence-corrected chi connectivity index (χ2v) is 6.43. The Hall–Kier alpha value is -4.08. The van der Waals surface area contributed by atoms with Gasteiger partial charge in [-0.3, -0.25) is 25.2 Å². The number of fused-ring (bicyclic) bond motifs is 1. The van der Waals surface area contributed by atoms with Gasteiger partial charge in [0, 0.05) is 5.56 Å². The zero-order valence-electron chi connectivity index (χ0n) is 16.6. The van der Waals surface area contributed by atoms with E-state index < -0.39 is 37.1 Å². The summed E-state index contributed by atoms with van der Waals surface area (Å²) in [6.45, 7) is 0.385. The molecule has 1 atom stereocenters. The second-order valence-electron chi connectivity index (χ2n) is 6.43. The van der Waals surface area contributed by atoms with Crippen LogP contribution in [0.25, 0.3) is 0 Å². The highest BCUT2D eigenvalue weighted by Crippen LogP contribution is 2.30. The number of benzene rings is 2. The molecule has 0 bridgehead atoms. The first-order valence-corrected chi connectivity index (χ1v) is 9.29. The normalized spacial score (nSPS) is 14.2. The summed E-state index contributed by atoms with van der Waals surface area (Å²) in [7, 11) is 0. The van der Waals surface area contributed by atoms with Gasteiger partial charge in [-0.15, -0.1) is 0 Å². The van der Waals surface area contributed by atoms with Crippen molar-refractivity contribution in [2.75, 3.05) is 19.8 Å². The SMILES string of the molecule is CC(=O)c1ccc(OCC(=O)OCC(=O)NNC(=O)C2COc3ccccc3O2)cc1. The van der Waals surface area contributed by atoms with Crippen LogP contribution in [0.4, 0.5) is 0 Å². The summed E-state index contributed by atoms with van der Waals surface area (Å²) in [4.78, 5) is 46.8. The molecule has 1 aliphatic heterocycles. The van der Waals surface area contributed by atoms with Crippen molar-refractivity contribution in [3.05, 3.63) is 54.1 Å². The minimum atomic E-state index is -0.944. The summed E-state index contributed by atoms with van der Waals surface area (Å²) in [6, 6.07) is 13.1. The summed E-state index contributed by atoms with van der Waals surface area (Å²) >= 11 is 0. The Morgan fingerprint density at radius 3 is 2.39 bits per heavy atom. The maximum absolute atomic E-state index is 12.1. The molecule has 0 radical (unpaired) electrons. The third kappa shape index (κ3) is 6.20. The van der Waals surface area contributed by atoms with E-state index in [2.05, 4.69) is 10.9 Å². The van der Waals surface area contributed by atoms with E-state index in [0.29, 0.717) is 22.8 Å². The van der Waals surface area contributed by atoms with Crippen LogP contribution >= 0.6 is 0 Å². The molecule has 1 unspecified atom stereocenters. The van der Waals surface area contributed by atoms with Crippen LogP contribution in [-0.2, 0) is 19.1 Å². The Balaban J connectivity index is 1.34. The molecule has 10 nitrogen and oxygen atoms in total. The number of hydrogen-bond donors (Lipinski definition) is 2. The highest BCUT2D eigenvalue weighted by Gasteiger charge is 2.27. The van der Waals surface area contributed by atoms with Gasteiger partial charge in [-0.2, -0.15) is 0 Å². The lowest BCUT2D eigenvalue weighted by Crippen LogP contribution is -2.51. The van der Waals surface area contributed by atoms with Crippen LogP contribution in [0.2, 0.25) is 0 Å². The average Bonchev–Trinajstić information content (AvgIpc) is 2.79. The molecule has 3 rings (SSSR count). The molecule has 0 aliphatic carbocycles. The highest BCUT2D eigenvalue weighted by molar-refractivity contribution is 5.94. The number of carbonyl (C=O) groups is 4. The topological polar surface area (TPSA) is 129 Å². The first-order chi connectivity index (χ1) is 14.9. The number of rotatable bonds is 7. The van der Waals surface area contributed by atoms with E-state index in [9.17, 15) is 19.2 Å². The first-order valence-electron chi connectivity index (χ1n) is 9.29. The van der Waals surface area contributed by atoms with Crippen molar-refractivity contribution < 1.29 is 38.1 Å². The number of esters is 1. The van der Waals surface area contributed by atoms with Gasteiger partial charge in [0.1, 0.15) is 12.4 Å². The molecular formula is C21H20N2O8. The molecule has 1 aliphatic rings. The van der Waals surface area contributed by atoms with Crippen LogP contribution in [0, 0.1) is 0 Å². The van der Waals surface area contributed by atoms with Gasteiger partial charge >= 0.3 is 5.97 Å². The monoisotopic (exact) mass is 428 g/mol. The lowest BCUT2D eigenvalue weighted by molar-refractivity contribution is -0.151. The smallest absolute Gasteiger partial charge is 0.344 e. The lowest BCUT2D eigenvalue weighted by Gasteiger charge is -2.25. The Morgan fingerprint density at radius 1 is 0.968 bits per heavy atom. The Morgan fingerprint density at radius 2 is 1.68 bits per heavy atom. The predicted molar refractivity (Wildman–Crippen MR) is 106 cm³/mol. The van der Waals surface area contributed by atoms with Crippen LogP contribution in [0.1, 0.15) is 17.3 Å². The Kier molecular flexibility index (Phi) is 7.05. The van der Waals surface area contributed by atoms with Gasteiger partial charge in [0.05, 0.1) is 0 Å². The molecule has 0 spiro atoms. The number of para-hydroxylation sites is 2. The molecule has 2 amide bonds. The summed E-state index contributed by atoms with van der Waals surface area (Å²) in [5.74, 6) is -0.912. The van der Waals surface area contributed by atoms with Crippen molar-refractivity contribution in [1.82, 2.24) is 10.9 Å². The van der Waals surface area contributed by atoms with Crippen molar-refractivity contribution in [2.45, 2.75) is 13.0 Å². The average molecular weight is 428 g/mol. The number of ketones is 1. The fraction of sp³-hybridized carbons (Fsp3) is 0.238. The Bertz CT molecular complexity index is 974. The molecule has 2 N–H and O–H groups in total. The summed E-state index contributed by atoms with van der Waals surface area (Å²) in [6.07, 6.45) is -0.944. The summed E-state index contributed by atoms with van der Waals surface area (Å²) in [5.41, 5.74) is 4.83. The summed E-state index contributed by atoms with van der Waals surface area (Å²) in [5, 5.41) is 0. The summed E-state index contributed by atoms with van der Waals surface area (Å²) < 4.78 is 20.9. The number of carbonyl (C=O) groups excluding carboxylic acids is 4. The van der Waals surface area contributed by atoms with Gasteiger partial charge in [0.2, 0.25) is 6.10 Å². The quantitative estimate of drug-likeness (QED) is 0.376. The largest absolute Gasteiger partial charge is 0.485 e. The van der Waals surface area contributed by atoms with Gasteiger partial charge < -0.3 is 18.9 Å². The zero-order valence-corrected chi connectivity index (χ0v) is 16.6. The zero-order chi connectivity index (χ0) is 22.2. The van der Waals surface area contributed by atoms with E-state index in [-0.39, 0.29) is 12.4 Å². The predicted octanol–water partition coefficient (Wildman–Crippen LogP) is 0.799. The number of nitrogens with one attached hydrogen (secondary N) is 2. The lowest BCUT2D eigenvalue weighted by atomic mass is 10.1. The molecule has 0 fully saturated rings. The van der Waals surface area contributed by atoms with E-state index >= 15 is 0 Å². The van der Waals surface area contributed by atoms with Crippen LogP contribution in [-0.4, -0.2) is 49.5 Å². The number of hydrogen-bond acceptors (Lipinski definition) is 8. The van der Waals surface area contributed by atoms with Crippen molar-refractivity contribution in [3.63, 3.8) is 0 Å². The third-order valence-electron chi connectivity index (χ3n) is 4.11. The van der Waals surface area contributed by atoms with Crippen molar-refractivity contribution in [3.8, 4) is 17.2 Å². The van der Waals surface area contributed by atoms with Gasteiger partial charge in [-0.05, 0) is 43.3 Å². The van der Waals surface area contributed by atoms with E-state index in [4.69, 9.17) is 18.9 Å². The van der Waals surface area contributed by atoms with E-state index in [1.54, 1.807) is 48.5 Å². The molecule has 31 heavy (non-hydrogen) atoms. The fourth-order valence-corrected chi connectivity index (χ4v) is 2.51. The number of amides is 2. The van der Waals surface area contributed by atoms with Gasteiger partial charge in [-0.1, -0.05) is 12.1 Å². The number of ether oxygens (including phenoxy) is 4. The van der Waals surface area contributed by atoms with Crippen molar-refractivity contribution in [1.29, 1.82) is 0 Å². The number of Topliss-reactive ketones (excluding diaryl/α,β-unsaturated/α-hetero) is 1. The van der Waals surface area contributed by atoms with Crippen molar-refractivity contribution in [2.24, 2.45) is 0 Å². The molecule has 0 saturated heterocycles. The molecular weight excluding hydrogens is 408 g/mol. The van der Waals surface area contributed by atoms with Crippen LogP contribution in [0.3, 0.4) is 0 Å². The van der Waals surface area contributed by atoms with Gasteiger partial charge in [0.15, 0.2) is 30.5 Å². The standard InChI is InChI=1S/C21H20N2O8/c1-13(24)14-6-8-15(9-7-14)28-12-20(26)30-11-19(25)22-23-21(27)18-10-29-16-4-2-3-5-17(16)31-18/h2-9,18H,10-12H2,1H3,(H,22,25)(H,23,27). The first kappa shape index (κ1) is 21.6. The molecule has 2 aromatic rings. The van der Waals surface area contributed by atoms with Crippen molar-refractivity contribution >= 4 is 23.6 Å². The van der Waals surface area contributed by atoms with E-state index in [1.165, 1.54) is 6.92 Å². The minimum absolute atomic E-state index is 0.0154.